The Morgan fingerprint density at radius 2 is 1.80 bits per heavy atom. The quantitative estimate of drug-likeness (QED) is 0.592. The van der Waals surface area contributed by atoms with Crippen molar-refractivity contribution in [3.8, 4) is 0 Å². The average Bonchev–Trinajstić information content (AvgIpc) is 2.42. The van der Waals surface area contributed by atoms with Gasteiger partial charge in [-0.3, -0.25) is 0 Å². The topological polar surface area (TPSA) is 39.7 Å². The van der Waals surface area contributed by atoms with Crippen LogP contribution in [-0.4, -0.2) is 38.0 Å². The van der Waals surface area contributed by atoms with Crippen molar-refractivity contribution < 1.29 is 0 Å². The Morgan fingerprint density at radius 1 is 1.10 bits per heavy atom. The summed E-state index contributed by atoms with van der Waals surface area (Å²) >= 11 is 0. The standard InChI is InChI=1S/C16H28N4/c1-5-11-18-16(17-6-2)19-12-14-9-7-8-10-15(14)13-20(3)4/h7-10H,5-6,11-13H2,1-4H3,(H2,17,18,19). The van der Waals surface area contributed by atoms with Crippen LogP contribution < -0.4 is 10.6 Å². The molecule has 0 saturated heterocycles. The molecule has 1 aromatic rings. The van der Waals surface area contributed by atoms with E-state index in [1.54, 1.807) is 0 Å². The fourth-order valence-corrected chi connectivity index (χ4v) is 1.96. The van der Waals surface area contributed by atoms with E-state index < -0.39 is 0 Å². The van der Waals surface area contributed by atoms with Crippen LogP contribution in [0.2, 0.25) is 0 Å². The highest BCUT2D eigenvalue weighted by atomic mass is 15.2. The number of aliphatic imine (C=N–C) groups is 1. The first-order chi connectivity index (χ1) is 9.67. The number of guanidine groups is 1. The third-order valence-corrected chi connectivity index (χ3v) is 2.90. The molecule has 0 bridgehead atoms. The molecular formula is C16H28N4. The minimum atomic E-state index is 0.711. The van der Waals surface area contributed by atoms with Crippen LogP contribution in [-0.2, 0) is 13.1 Å². The zero-order valence-electron chi connectivity index (χ0n) is 13.2. The molecule has 0 spiro atoms. The van der Waals surface area contributed by atoms with E-state index in [9.17, 15) is 0 Å². The second-order valence-corrected chi connectivity index (χ2v) is 5.13. The largest absolute Gasteiger partial charge is 0.357 e. The lowest BCUT2D eigenvalue weighted by Crippen LogP contribution is -2.37. The molecule has 0 amide bonds. The van der Waals surface area contributed by atoms with Crippen molar-refractivity contribution >= 4 is 5.96 Å². The molecule has 0 aliphatic rings. The van der Waals surface area contributed by atoms with E-state index in [0.29, 0.717) is 6.54 Å². The molecule has 2 N–H and O–H groups in total. The molecule has 0 fully saturated rings. The van der Waals surface area contributed by atoms with Crippen molar-refractivity contribution in [3.05, 3.63) is 35.4 Å². The molecule has 0 unspecified atom stereocenters. The maximum atomic E-state index is 4.67. The second kappa shape index (κ2) is 9.37. The van der Waals surface area contributed by atoms with E-state index in [0.717, 1.165) is 32.0 Å². The lowest BCUT2D eigenvalue weighted by molar-refractivity contribution is 0.401. The van der Waals surface area contributed by atoms with Crippen LogP contribution in [0.1, 0.15) is 31.4 Å². The molecule has 0 heterocycles. The summed E-state index contributed by atoms with van der Waals surface area (Å²) in [5, 5.41) is 6.61. The molecule has 0 saturated carbocycles. The highest BCUT2D eigenvalue weighted by Crippen LogP contribution is 2.11. The van der Waals surface area contributed by atoms with Crippen LogP contribution in [0.5, 0.6) is 0 Å². The van der Waals surface area contributed by atoms with Crippen LogP contribution in [0, 0.1) is 0 Å². The first-order valence-electron chi connectivity index (χ1n) is 7.41. The minimum absolute atomic E-state index is 0.711. The van der Waals surface area contributed by atoms with Crippen molar-refractivity contribution in [1.29, 1.82) is 0 Å². The maximum absolute atomic E-state index is 4.67. The van der Waals surface area contributed by atoms with Gasteiger partial charge >= 0.3 is 0 Å². The van der Waals surface area contributed by atoms with Crippen LogP contribution in [0.4, 0.5) is 0 Å². The highest BCUT2D eigenvalue weighted by Gasteiger charge is 2.03. The van der Waals surface area contributed by atoms with Gasteiger partial charge in [0.2, 0.25) is 0 Å². The summed E-state index contributed by atoms with van der Waals surface area (Å²) in [6.07, 6.45) is 1.10. The molecule has 4 heteroatoms. The zero-order valence-corrected chi connectivity index (χ0v) is 13.2. The van der Waals surface area contributed by atoms with Gasteiger partial charge in [-0.15, -0.1) is 0 Å². The van der Waals surface area contributed by atoms with Crippen LogP contribution in [0.25, 0.3) is 0 Å². The van der Waals surface area contributed by atoms with E-state index in [4.69, 9.17) is 0 Å². The molecule has 0 aromatic heterocycles. The van der Waals surface area contributed by atoms with Gasteiger partial charge in [-0.05, 0) is 38.6 Å². The van der Waals surface area contributed by atoms with Crippen LogP contribution in [0.3, 0.4) is 0 Å². The summed E-state index contributed by atoms with van der Waals surface area (Å²) in [5.41, 5.74) is 2.63. The van der Waals surface area contributed by atoms with Gasteiger partial charge in [-0.2, -0.15) is 0 Å². The number of hydrogen-bond donors (Lipinski definition) is 2. The molecule has 112 valence electrons. The average molecular weight is 276 g/mol. The monoisotopic (exact) mass is 276 g/mol. The van der Waals surface area contributed by atoms with Crippen LogP contribution >= 0.6 is 0 Å². The minimum Gasteiger partial charge on any atom is -0.357 e. The van der Waals surface area contributed by atoms with Crippen molar-refractivity contribution in [1.82, 2.24) is 15.5 Å². The molecule has 4 nitrogen and oxygen atoms in total. The summed E-state index contributed by atoms with van der Waals surface area (Å²) in [7, 11) is 4.18. The molecule has 1 aromatic carbocycles. The van der Waals surface area contributed by atoms with Gasteiger partial charge in [0.05, 0.1) is 6.54 Å². The molecule has 0 aliphatic carbocycles. The first-order valence-corrected chi connectivity index (χ1v) is 7.41. The molecular weight excluding hydrogens is 248 g/mol. The van der Waals surface area contributed by atoms with Crippen molar-refractivity contribution in [3.63, 3.8) is 0 Å². The SMILES string of the molecule is CCCNC(=NCc1ccccc1CN(C)C)NCC. The van der Waals surface area contributed by atoms with E-state index in [1.807, 2.05) is 0 Å². The number of hydrogen-bond acceptors (Lipinski definition) is 2. The summed E-state index contributed by atoms with van der Waals surface area (Å²) in [6.45, 7) is 7.74. The Hall–Kier alpha value is -1.55. The number of rotatable bonds is 7. The van der Waals surface area contributed by atoms with Crippen LogP contribution in [0.15, 0.2) is 29.3 Å². The van der Waals surface area contributed by atoms with E-state index >= 15 is 0 Å². The third-order valence-electron chi connectivity index (χ3n) is 2.90. The predicted octanol–water partition coefficient (Wildman–Crippen LogP) is 2.21. The summed E-state index contributed by atoms with van der Waals surface area (Å²) in [4.78, 5) is 6.85. The molecule has 0 atom stereocenters. The van der Waals surface area contributed by atoms with Crippen molar-refractivity contribution in [2.24, 2.45) is 4.99 Å². The maximum Gasteiger partial charge on any atom is 0.191 e. The van der Waals surface area contributed by atoms with E-state index in [-0.39, 0.29) is 0 Å². The number of nitrogens with zero attached hydrogens (tertiary/aromatic N) is 2. The molecule has 20 heavy (non-hydrogen) atoms. The zero-order chi connectivity index (χ0) is 14.8. The molecule has 1 rings (SSSR count). The number of nitrogens with one attached hydrogen (secondary N) is 2. The predicted molar refractivity (Wildman–Crippen MR) is 86.9 cm³/mol. The van der Waals surface area contributed by atoms with Gasteiger partial charge in [0.1, 0.15) is 0 Å². The Kier molecular flexibility index (Phi) is 7.73. The first kappa shape index (κ1) is 16.5. The van der Waals surface area contributed by atoms with Gasteiger partial charge < -0.3 is 15.5 Å². The van der Waals surface area contributed by atoms with Gasteiger partial charge in [0.15, 0.2) is 5.96 Å². The third kappa shape index (κ3) is 6.06. The smallest absolute Gasteiger partial charge is 0.191 e. The fourth-order valence-electron chi connectivity index (χ4n) is 1.96. The molecule has 0 aliphatic heterocycles. The highest BCUT2D eigenvalue weighted by molar-refractivity contribution is 5.79. The number of benzene rings is 1. The summed E-state index contributed by atoms with van der Waals surface area (Å²) < 4.78 is 0. The Morgan fingerprint density at radius 3 is 2.40 bits per heavy atom. The second-order valence-electron chi connectivity index (χ2n) is 5.13. The van der Waals surface area contributed by atoms with Gasteiger partial charge in [0, 0.05) is 19.6 Å². The fraction of sp³-hybridized carbons (Fsp3) is 0.562. The van der Waals surface area contributed by atoms with Crippen molar-refractivity contribution in [2.75, 3.05) is 27.2 Å². The normalized spacial score (nSPS) is 11.8. The lowest BCUT2D eigenvalue weighted by atomic mass is 10.1. The summed E-state index contributed by atoms with van der Waals surface area (Å²) in [5.74, 6) is 0.897. The lowest BCUT2D eigenvalue weighted by Gasteiger charge is -2.14. The van der Waals surface area contributed by atoms with Gasteiger partial charge in [-0.25, -0.2) is 4.99 Å². The van der Waals surface area contributed by atoms with Gasteiger partial charge in [0.25, 0.3) is 0 Å². The Balaban J connectivity index is 2.74. The molecule has 0 radical (unpaired) electrons. The Bertz CT molecular complexity index is 413. The Labute approximate surface area is 123 Å². The van der Waals surface area contributed by atoms with E-state index in [1.165, 1.54) is 11.1 Å². The summed E-state index contributed by atoms with van der Waals surface area (Å²) in [6, 6.07) is 8.51. The van der Waals surface area contributed by atoms with Gasteiger partial charge in [-0.1, -0.05) is 31.2 Å². The van der Waals surface area contributed by atoms with Crippen molar-refractivity contribution in [2.45, 2.75) is 33.4 Å². The van der Waals surface area contributed by atoms with E-state index in [2.05, 4.69) is 72.7 Å².